The van der Waals surface area contributed by atoms with Crippen molar-refractivity contribution in [2.45, 2.75) is 52.2 Å². The van der Waals surface area contributed by atoms with E-state index in [2.05, 4.69) is 61.3 Å². The van der Waals surface area contributed by atoms with Gasteiger partial charge in [0.25, 0.3) is 0 Å². The topological polar surface area (TPSA) is 0 Å². The predicted molar refractivity (Wildman–Crippen MR) is 114 cm³/mol. The first-order chi connectivity index (χ1) is 9.81. The summed E-state index contributed by atoms with van der Waals surface area (Å²) in [6, 6.07) is 0. The third-order valence-electron chi connectivity index (χ3n) is 0.957. The van der Waals surface area contributed by atoms with Gasteiger partial charge in [0.15, 0.2) is 0 Å². The Hall–Kier alpha value is 2.00. The Morgan fingerprint density at radius 3 is 1.62 bits per heavy atom. The van der Waals surface area contributed by atoms with Crippen LogP contribution in [-0.4, -0.2) is 59.7 Å². The van der Waals surface area contributed by atoms with Crippen molar-refractivity contribution in [3.63, 3.8) is 0 Å². The summed E-state index contributed by atoms with van der Waals surface area (Å²) >= 11 is 3.10. The molecule has 0 nitrogen and oxygen atoms in total. The van der Waals surface area contributed by atoms with E-state index in [-0.39, 0.29) is 0 Å². The zero-order chi connectivity index (χ0) is 17.1. The molecule has 0 saturated carbocycles. The minimum atomic E-state index is 0.648. The van der Waals surface area contributed by atoms with Gasteiger partial charge < -0.3 is 0 Å². The van der Waals surface area contributed by atoms with Gasteiger partial charge in [-0.2, -0.15) is 0 Å². The summed E-state index contributed by atoms with van der Waals surface area (Å²) in [5.74, 6) is 1.23. The molecule has 0 aliphatic rings. The predicted octanol–water partition coefficient (Wildman–Crippen LogP) is 5.48. The molecular formula is C15H30S2Se4. The molecule has 0 N–H and O–H groups in total. The van der Waals surface area contributed by atoms with Gasteiger partial charge in [0.1, 0.15) is 0 Å². The molecule has 0 aliphatic carbocycles. The van der Waals surface area contributed by atoms with E-state index in [1.807, 2.05) is 20.4 Å². The van der Waals surface area contributed by atoms with Crippen LogP contribution in [0.3, 0.4) is 0 Å². The molecule has 0 aromatic heterocycles. The number of rotatable bonds is 9. The molecule has 0 aliphatic heterocycles. The van der Waals surface area contributed by atoms with Gasteiger partial charge in [0.2, 0.25) is 0 Å². The van der Waals surface area contributed by atoms with E-state index >= 15 is 0 Å². The second-order valence-corrected chi connectivity index (χ2v) is 21.3. The van der Waals surface area contributed by atoms with Gasteiger partial charge in [-0.05, 0) is 0 Å². The summed E-state index contributed by atoms with van der Waals surface area (Å²) in [5, 5.41) is 2.68. The molecule has 0 radical (unpaired) electrons. The Bertz CT molecular complexity index is 226. The molecule has 0 heterocycles. The minimum absolute atomic E-state index is 0.648. The van der Waals surface area contributed by atoms with Crippen LogP contribution < -0.4 is 0 Å². The molecule has 0 fully saturated rings. The Balaban J connectivity index is -0.000000231. The number of hydrogen-bond donors (Lipinski definition) is 0. The first kappa shape index (κ1) is 27.8. The van der Waals surface area contributed by atoms with E-state index in [4.69, 9.17) is 0 Å². The van der Waals surface area contributed by atoms with Crippen molar-refractivity contribution in [1.82, 2.24) is 0 Å². The van der Waals surface area contributed by atoms with Crippen LogP contribution in [0.5, 0.6) is 0 Å². The molecule has 0 unspecified atom stereocenters. The van der Waals surface area contributed by atoms with Gasteiger partial charge in [0.05, 0.1) is 0 Å². The summed E-state index contributed by atoms with van der Waals surface area (Å²) in [6.45, 7) is 24.3. The summed E-state index contributed by atoms with van der Waals surface area (Å²) in [6.07, 6.45) is 0. The third kappa shape index (κ3) is 44.9. The van der Waals surface area contributed by atoms with Crippen LogP contribution in [-0.2, 0) is 0 Å². The maximum absolute atomic E-state index is 3.84. The SMILES string of the molecule is C=C(C)S[Se]CC.C=C(C)[Se]SCC.C=C(C)[Se][Se]CC. The fourth-order valence-corrected chi connectivity index (χ4v) is 9.28. The molecule has 0 aromatic carbocycles. The Labute approximate surface area is 164 Å². The van der Waals surface area contributed by atoms with Gasteiger partial charge in [-0.25, -0.2) is 0 Å². The van der Waals surface area contributed by atoms with E-state index < -0.39 is 0 Å². The average Bonchev–Trinajstić information content (AvgIpc) is 2.41. The molecule has 126 valence electrons. The van der Waals surface area contributed by atoms with E-state index in [9.17, 15) is 0 Å². The van der Waals surface area contributed by atoms with Crippen molar-refractivity contribution >= 4 is 74.3 Å². The molecule has 0 atom stereocenters. The fraction of sp³-hybridized carbons (Fsp3) is 0.600. The van der Waals surface area contributed by atoms with Crippen LogP contribution in [0.4, 0.5) is 0 Å². The molecule has 0 amide bonds. The molecule has 6 heteroatoms. The van der Waals surface area contributed by atoms with Crippen LogP contribution in [0.1, 0.15) is 41.5 Å². The quantitative estimate of drug-likeness (QED) is 0.327. The van der Waals surface area contributed by atoms with Crippen LogP contribution in [0.2, 0.25) is 10.6 Å². The van der Waals surface area contributed by atoms with Crippen molar-refractivity contribution in [3.8, 4) is 0 Å². The van der Waals surface area contributed by atoms with Gasteiger partial charge in [-0.1, -0.05) is 0 Å². The summed E-state index contributed by atoms with van der Waals surface area (Å²) < 4.78 is 2.73. The van der Waals surface area contributed by atoms with Crippen molar-refractivity contribution in [3.05, 3.63) is 33.6 Å². The number of hydrogen-bond acceptors (Lipinski definition) is 2. The Kier molecular flexibility index (Phi) is 32.1. The first-order valence-electron chi connectivity index (χ1n) is 6.66. The zero-order valence-corrected chi connectivity index (χ0v) is 22.7. The van der Waals surface area contributed by atoms with Crippen LogP contribution in [0, 0.1) is 0 Å². The van der Waals surface area contributed by atoms with Crippen molar-refractivity contribution in [2.75, 3.05) is 5.75 Å². The van der Waals surface area contributed by atoms with E-state index in [0.29, 0.717) is 13.8 Å². The van der Waals surface area contributed by atoms with Gasteiger partial charge >= 0.3 is 166 Å². The summed E-state index contributed by atoms with van der Waals surface area (Å²) in [5.41, 5.74) is 0. The van der Waals surface area contributed by atoms with E-state index in [1.54, 1.807) is 0 Å². The fourth-order valence-electron chi connectivity index (χ4n) is 0.479. The maximum atomic E-state index is 3.84. The second-order valence-electron chi connectivity index (χ2n) is 3.58. The van der Waals surface area contributed by atoms with Crippen LogP contribution in [0.25, 0.3) is 0 Å². The molecule has 21 heavy (non-hydrogen) atoms. The molecule has 0 spiro atoms. The summed E-state index contributed by atoms with van der Waals surface area (Å²) in [7, 11) is 3.88. The summed E-state index contributed by atoms with van der Waals surface area (Å²) in [4.78, 5) is 1.25. The standard InChI is InChI=1S/2C5H10SSe.C5H10Se2/c1-4-7-6-5(2)3;2*1-4-6-7-5(2)3/h3*2,4H2,1,3H3. The molecular weight excluding hydrogens is 560 g/mol. The van der Waals surface area contributed by atoms with Crippen molar-refractivity contribution < 1.29 is 0 Å². The first-order valence-corrected chi connectivity index (χ1v) is 21.0. The van der Waals surface area contributed by atoms with Gasteiger partial charge in [-0.3, -0.25) is 0 Å². The molecule has 0 rings (SSSR count). The normalized spacial score (nSPS) is 8.86. The van der Waals surface area contributed by atoms with Crippen LogP contribution in [0.15, 0.2) is 33.6 Å². The third-order valence-corrected chi connectivity index (χ3v) is 18.6. The molecule has 0 bridgehead atoms. The molecule has 0 aromatic rings. The zero-order valence-electron chi connectivity index (χ0n) is 14.2. The van der Waals surface area contributed by atoms with Crippen LogP contribution >= 0.6 is 20.4 Å². The van der Waals surface area contributed by atoms with Crippen molar-refractivity contribution in [2.24, 2.45) is 0 Å². The van der Waals surface area contributed by atoms with Gasteiger partial charge in [0, 0.05) is 0 Å². The Morgan fingerprint density at radius 2 is 1.48 bits per heavy atom. The van der Waals surface area contributed by atoms with Crippen molar-refractivity contribution in [1.29, 1.82) is 0 Å². The number of allylic oxidation sites excluding steroid dienone is 3. The van der Waals surface area contributed by atoms with E-state index in [1.165, 1.54) is 30.2 Å². The van der Waals surface area contributed by atoms with Gasteiger partial charge in [-0.15, -0.1) is 0 Å². The second kappa shape index (κ2) is 24.3. The average molecular weight is 590 g/mol. The molecule has 0 saturated heterocycles. The Morgan fingerprint density at radius 1 is 0.905 bits per heavy atom. The monoisotopic (exact) mass is 594 g/mol. The van der Waals surface area contributed by atoms with E-state index in [0.717, 1.165) is 40.1 Å².